The van der Waals surface area contributed by atoms with E-state index in [9.17, 15) is 18.4 Å². The van der Waals surface area contributed by atoms with Crippen LogP contribution in [0.1, 0.15) is 11.3 Å². The molecule has 0 saturated carbocycles. The first-order valence-corrected chi connectivity index (χ1v) is 8.41. The van der Waals surface area contributed by atoms with E-state index in [1.807, 2.05) is 6.07 Å². The Morgan fingerprint density at radius 3 is 2.17 bits per heavy atom. The number of anilines is 1. The summed E-state index contributed by atoms with van der Waals surface area (Å²) in [6, 6.07) is 3.53. The van der Waals surface area contributed by atoms with Gasteiger partial charge in [0, 0.05) is 14.1 Å². The van der Waals surface area contributed by atoms with Crippen molar-refractivity contribution in [1.82, 2.24) is 9.78 Å². The van der Waals surface area contributed by atoms with Gasteiger partial charge in [0.1, 0.15) is 17.6 Å². The molecular formula is C14H11Cl2F3N4S. The molecule has 0 spiro atoms. The number of rotatable bonds is 3. The van der Waals surface area contributed by atoms with E-state index in [1.54, 1.807) is 25.3 Å². The highest BCUT2D eigenvalue weighted by molar-refractivity contribution is 7.98. The summed E-state index contributed by atoms with van der Waals surface area (Å²) in [5.74, 6) is 0.502. The minimum absolute atomic E-state index is 0.0897. The van der Waals surface area contributed by atoms with Crippen LogP contribution >= 0.6 is 35.0 Å². The van der Waals surface area contributed by atoms with Crippen LogP contribution < -0.4 is 4.90 Å². The number of alkyl halides is 3. The SMILES string of the molecule is CSc1c(C#N)nn(-c2c(Cl)cc(C(F)(F)F)cc2Cl)c1N(C)C. The van der Waals surface area contributed by atoms with E-state index < -0.39 is 11.7 Å². The molecular weight excluding hydrogens is 384 g/mol. The van der Waals surface area contributed by atoms with Crippen LogP contribution in [0.3, 0.4) is 0 Å². The van der Waals surface area contributed by atoms with Gasteiger partial charge in [-0.25, -0.2) is 4.68 Å². The molecule has 128 valence electrons. The summed E-state index contributed by atoms with van der Waals surface area (Å²) in [5.41, 5.74) is -0.726. The van der Waals surface area contributed by atoms with Crippen LogP contribution in [0.25, 0.3) is 5.69 Å². The molecule has 4 nitrogen and oxygen atoms in total. The number of thioether (sulfide) groups is 1. The molecule has 1 heterocycles. The van der Waals surface area contributed by atoms with Gasteiger partial charge in [-0.3, -0.25) is 0 Å². The minimum atomic E-state index is -4.57. The fourth-order valence-corrected chi connectivity index (χ4v) is 3.51. The Kier molecular flexibility index (Phi) is 5.28. The highest BCUT2D eigenvalue weighted by Crippen LogP contribution is 2.40. The first kappa shape index (κ1) is 18.8. The van der Waals surface area contributed by atoms with Gasteiger partial charge in [0.15, 0.2) is 5.69 Å². The van der Waals surface area contributed by atoms with Crippen LogP contribution in [0.4, 0.5) is 19.0 Å². The Hall–Kier alpha value is -1.56. The van der Waals surface area contributed by atoms with Gasteiger partial charge in [0.25, 0.3) is 0 Å². The van der Waals surface area contributed by atoms with Crippen LogP contribution in [0.15, 0.2) is 17.0 Å². The third-order valence-electron chi connectivity index (χ3n) is 3.11. The van der Waals surface area contributed by atoms with Gasteiger partial charge in [0.05, 0.1) is 20.5 Å². The zero-order valence-corrected chi connectivity index (χ0v) is 15.1. The monoisotopic (exact) mass is 394 g/mol. The number of nitriles is 1. The molecule has 0 aliphatic carbocycles. The van der Waals surface area contributed by atoms with Crippen molar-refractivity contribution in [2.45, 2.75) is 11.1 Å². The largest absolute Gasteiger partial charge is 0.416 e. The molecule has 2 rings (SSSR count). The predicted octanol–water partition coefficient (Wildman–Crippen LogP) is 4.86. The molecule has 0 aliphatic rings. The fraction of sp³-hybridized carbons (Fsp3) is 0.286. The van der Waals surface area contributed by atoms with Crippen molar-refractivity contribution in [3.8, 4) is 11.8 Å². The summed E-state index contributed by atoms with van der Waals surface area (Å²) < 4.78 is 39.9. The maximum Gasteiger partial charge on any atom is 0.416 e. The lowest BCUT2D eigenvalue weighted by Gasteiger charge is -2.18. The van der Waals surface area contributed by atoms with E-state index >= 15 is 0 Å². The molecule has 2 aromatic rings. The van der Waals surface area contributed by atoms with Crippen molar-refractivity contribution >= 4 is 40.8 Å². The first-order valence-electron chi connectivity index (χ1n) is 6.42. The molecule has 0 saturated heterocycles. The molecule has 0 fully saturated rings. The van der Waals surface area contributed by atoms with Gasteiger partial charge in [0.2, 0.25) is 0 Å². The van der Waals surface area contributed by atoms with Crippen LogP contribution in [0.5, 0.6) is 0 Å². The molecule has 24 heavy (non-hydrogen) atoms. The van der Waals surface area contributed by atoms with E-state index in [0.717, 1.165) is 12.1 Å². The second-order valence-electron chi connectivity index (χ2n) is 4.91. The highest BCUT2D eigenvalue weighted by Gasteiger charge is 2.33. The minimum Gasteiger partial charge on any atom is -0.362 e. The van der Waals surface area contributed by atoms with Crippen molar-refractivity contribution in [3.63, 3.8) is 0 Å². The predicted molar refractivity (Wildman–Crippen MR) is 89.4 cm³/mol. The van der Waals surface area contributed by atoms with E-state index in [2.05, 4.69) is 5.10 Å². The van der Waals surface area contributed by atoms with Crippen molar-refractivity contribution < 1.29 is 13.2 Å². The summed E-state index contributed by atoms with van der Waals surface area (Å²) in [7, 11) is 3.45. The van der Waals surface area contributed by atoms with Crippen LogP contribution in [0, 0.1) is 11.3 Å². The maximum absolute atomic E-state index is 12.9. The van der Waals surface area contributed by atoms with Crippen molar-refractivity contribution in [1.29, 1.82) is 5.26 Å². The highest BCUT2D eigenvalue weighted by atomic mass is 35.5. The van der Waals surface area contributed by atoms with E-state index in [-0.39, 0.29) is 21.4 Å². The average molecular weight is 395 g/mol. The van der Waals surface area contributed by atoms with Gasteiger partial charge < -0.3 is 4.90 Å². The third-order valence-corrected chi connectivity index (χ3v) is 4.47. The Bertz CT molecular complexity index is 802. The van der Waals surface area contributed by atoms with Crippen molar-refractivity contribution in [2.24, 2.45) is 0 Å². The Morgan fingerprint density at radius 1 is 1.25 bits per heavy atom. The fourth-order valence-electron chi connectivity index (χ4n) is 2.14. The first-order chi connectivity index (χ1) is 11.1. The smallest absolute Gasteiger partial charge is 0.362 e. The van der Waals surface area contributed by atoms with Gasteiger partial charge in [-0.05, 0) is 18.4 Å². The third kappa shape index (κ3) is 3.29. The topological polar surface area (TPSA) is 44.9 Å². The molecule has 1 aromatic carbocycles. The quantitative estimate of drug-likeness (QED) is 0.697. The van der Waals surface area contributed by atoms with Gasteiger partial charge in [-0.1, -0.05) is 23.2 Å². The lowest BCUT2D eigenvalue weighted by Crippen LogP contribution is -2.16. The van der Waals surface area contributed by atoms with E-state index in [0.29, 0.717) is 10.7 Å². The lowest BCUT2D eigenvalue weighted by atomic mass is 10.2. The normalized spacial score (nSPS) is 11.5. The van der Waals surface area contributed by atoms with Gasteiger partial charge in [-0.15, -0.1) is 11.8 Å². The number of benzene rings is 1. The summed E-state index contributed by atoms with van der Waals surface area (Å²) >= 11 is 13.4. The number of nitrogens with zero attached hydrogens (tertiary/aromatic N) is 4. The van der Waals surface area contributed by atoms with E-state index in [1.165, 1.54) is 16.4 Å². The molecule has 0 atom stereocenters. The second-order valence-corrected chi connectivity index (χ2v) is 6.54. The van der Waals surface area contributed by atoms with Gasteiger partial charge in [-0.2, -0.15) is 23.5 Å². The molecule has 0 bridgehead atoms. The standard InChI is InChI=1S/C14H11Cl2F3N4S/c1-22(2)13-12(24-3)10(6-20)21-23(13)11-8(15)4-7(5-9(11)16)14(17,18)19/h4-5H,1-3H3. The summed E-state index contributed by atoms with van der Waals surface area (Å²) in [4.78, 5) is 2.26. The second kappa shape index (κ2) is 6.75. The number of hydrogen-bond donors (Lipinski definition) is 0. The van der Waals surface area contributed by atoms with Crippen LogP contribution in [-0.4, -0.2) is 30.1 Å². The molecule has 0 N–H and O–H groups in total. The van der Waals surface area contributed by atoms with E-state index in [4.69, 9.17) is 23.2 Å². The van der Waals surface area contributed by atoms with Gasteiger partial charge >= 0.3 is 6.18 Å². The van der Waals surface area contributed by atoms with Crippen molar-refractivity contribution in [2.75, 3.05) is 25.3 Å². The molecule has 0 amide bonds. The van der Waals surface area contributed by atoms with Crippen molar-refractivity contribution in [3.05, 3.63) is 33.4 Å². The van der Waals surface area contributed by atoms with Crippen LogP contribution in [0.2, 0.25) is 10.0 Å². The number of halogens is 5. The zero-order chi connectivity index (χ0) is 18.2. The molecule has 0 aliphatic heterocycles. The maximum atomic E-state index is 12.9. The molecule has 0 unspecified atom stereocenters. The average Bonchev–Trinajstić information content (AvgIpc) is 2.83. The van der Waals surface area contributed by atoms with Crippen LogP contribution in [-0.2, 0) is 6.18 Å². The number of aromatic nitrogens is 2. The molecule has 1 aromatic heterocycles. The Morgan fingerprint density at radius 2 is 1.79 bits per heavy atom. The Labute approximate surface area is 150 Å². The number of hydrogen-bond acceptors (Lipinski definition) is 4. The lowest BCUT2D eigenvalue weighted by molar-refractivity contribution is -0.137. The molecule has 10 heteroatoms. The summed E-state index contributed by atoms with van der Waals surface area (Å²) in [5, 5.41) is 13.0. The Balaban J connectivity index is 2.79. The summed E-state index contributed by atoms with van der Waals surface area (Å²) in [6.07, 6.45) is -2.80. The summed E-state index contributed by atoms with van der Waals surface area (Å²) in [6.45, 7) is 0. The molecule has 0 radical (unpaired) electrons. The zero-order valence-electron chi connectivity index (χ0n) is 12.7.